The molecule has 23 heavy (non-hydrogen) atoms. The molecule has 0 aliphatic heterocycles. The maximum atomic E-state index is 13.5. The molecule has 1 aliphatic rings. The second kappa shape index (κ2) is 6.25. The molecule has 0 fully saturated rings. The number of rotatable bonds is 4. The molecule has 1 heterocycles. The number of anilines is 1. The van der Waals surface area contributed by atoms with Crippen molar-refractivity contribution in [2.24, 2.45) is 0 Å². The van der Waals surface area contributed by atoms with Gasteiger partial charge in [0.05, 0.1) is 6.04 Å². The van der Waals surface area contributed by atoms with E-state index in [-0.39, 0.29) is 16.8 Å². The average Bonchev–Trinajstić information content (AvgIpc) is 2.56. The third-order valence-electron chi connectivity index (χ3n) is 4.06. The summed E-state index contributed by atoms with van der Waals surface area (Å²) in [5.41, 5.74) is 2.09. The van der Waals surface area contributed by atoms with Crippen LogP contribution in [0.4, 0.5) is 10.2 Å². The minimum atomic E-state index is -3.49. The summed E-state index contributed by atoms with van der Waals surface area (Å²) in [5, 5.41) is 3.27. The Hall–Kier alpha value is -1.99. The second-order valence-corrected chi connectivity index (χ2v) is 7.41. The fourth-order valence-electron chi connectivity index (χ4n) is 2.84. The van der Waals surface area contributed by atoms with Gasteiger partial charge in [0.15, 0.2) is 0 Å². The van der Waals surface area contributed by atoms with E-state index in [1.54, 1.807) is 12.1 Å². The molecule has 3 rings (SSSR count). The van der Waals surface area contributed by atoms with Crippen molar-refractivity contribution < 1.29 is 12.8 Å². The van der Waals surface area contributed by atoms with Crippen LogP contribution in [0.2, 0.25) is 0 Å². The zero-order valence-electron chi connectivity index (χ0n) is 12.7. The Labute approximate surface area is 135 Å². The summed E-state index contributed by atoms with van der Waals surface area (Å²) in [6.45, 7) is 0. The Balaban J connectivity index is 1.83. The van der Waals surface area contributed by atoms with Gasteiger partial charge >= 0.3 is 0 Å². The summed E-state index contributed by atoms with van der Waals surface area (Å²) in [6, 6.07) is 7.97. The van der Waals surface area contributed by atoms with Crippen molar-refractivity contribution >= 4 is 15.8 Å². The topological polar surface area (TPSA) is 71.1 Å². The number of nitrogens with zero attached hydrogens (tertiary/aromatic N) is 1. The lowest BCUT2D eigenvalue weighted by Crippen LogP contribution is -2.20. The highest BCUT2D eigenvalue weighted by molar-refractivity contribution is 7.89. The maximum absolute atomic E-state index is 13.5. The van der Waals surface area contributed by atoms with Gasteiger partial charge in [-0.25, -0.2) is 22.5 Å². The van der Waals surface area contributed by atoms with Crippen LogP contribution in [0.1, 0.15) is 30.0 Å². The van der Waals surface area contributed by atoms with E-state index >= 15 is 0 Å². The van der Waals surface area contributed by atoms with Crippen molar-refractivity contribution in [1.82, 2.24) is 9.71 Å². The highest BCUT2D eigenvalue weighted by Gasteiger charge is 2.21. The van der Waals surface area contributed by atoms with E-state index in [2.05, 4.69) is 15.0 Å². The van der Waals surface area contributed by atoms with Crippen molar-refractivity contribution in [2.45, 2.75) is 30.2 Å². The number of nitrogens with one attached hydrogen (secondary N) is 2. The molecule has 1 aromatic carbocycles. The van der Waals surface area contributed by atoms with E-state index in [1.165, 1.54) is 25.4 Å². The van der Waals surface area contributed by atoms with Gasteiger partial charge in [-0.3, -0.25) is 0 Å². The first-order valence-electron chi connectivity index (χ1n) is 7.44. The molecule has 2 aromatic rings. The van der Waals surface area contributed by atoms with Crippen LogP contribution in [0, 0.1) is 5.82 Å². The zero-order valence-corrected chi connectivity index (χ0v) is 13.5. The van der Waals surface area contributed by atoms with E-state index in [9.17, 15) is 12.8 Å². The number of pyridine rings is 1. The largest absolute Gasteiger partial charge is 0.363 e. The molecule has 0 amide bonds. The van der Waals surface area contributed by atoms with Crippen LogP contribution in [0.25, 0.3) is 0 Å². The minimum Gasteiger partial charge on any atom is -0.363 e. The Kier molecular flexibility index (Phi) is 4.32. The molecule has 0 saturated heterocycles. The quantitative estimate of drug-likeness (QED) is 0.901. The maximum Gasteiger partial charge on any atom is 0.241 e. The Morgan fingerprint density at radius 3 is 2.78 bits per heavy atom. The molecule has 0 saturated carbocycles. The van der Waals surface area contributed by atoms with Gasteiger partial charge in [-0.05, 0) is 61.7 Å². The normalized spacial score (nSPS) is 17.6. The summed E-state index contributed by atoms with van der Waals surface area (Å²) in [4.78, 5) is 4.27. The van der Waals surface area contributed by atoms with Gasteiger partial charge < -0.3 is 5.32 Å². The average molecular weight is 335 g/mol. The van der Waals surface area contributed by atoms with Crippen molar-refractivity contribution in [3.63, 3.8) is 0 Å². The van der Waals surface area contributed by atoms with Crippen molar-refractivity contribution in [3.05, 3.63) is 53.5 Å². The van der Waals surface area contributed by atoms with Gasteiger partial charge in [-0.1, -0.05) is 6.07 Å². The number of fused-ring (bicyclic) bond motifs is 1. The van der Waals surface area contributed by atoms with Crippen LogP contribution in [0.3, 0.4) is 0 Å². The zero-order chi connectivity index (χ0) is 16.4. The van der Waals surface area contributed by atoms with Crippen LogP contribution in [-0.4, -0.2) is 20.4 Å². The van der Waals surface area contributed by atoms with E-state index < -0.39 is 10.0 Å². The molecule has 122 valence electrons. The summed E-state index contributed by atoms with van der Waals surface area (Å²) >= 11 is 0. The summed E-state index contributed by atoms with van der Waals surface area (Å²) in [6.07, 6.45) is 4.15. The predicted octanol–water partition coefficient (Wildman–Crippen LogP) is 2.62. The minimum absolute atomic E-state index is 0.0197. The molecule has 1 aromatic heterocycles. The van der Waals surface area contributed by atoms with E-state index in [4.69, 9.17) is 0 Å². The molecular formula is C16H18FN3O2S. The first-order valence-corrected chi connectivity index (χ1v) is 8.92. The number of aromatic nitrogens is 1. The van der Waals surface area contributed by atoms with Crippen LogP contribution in [0.5, 0.6) is 0 Å². The van der Waals surface area contributed by atoms with Gasteiger partial charge in [0.25, 0.3) is 0 Å². The van der Waals surface area contributed by atoms with Gasteiger partial charge in [0.1, 0.15) is 16.5 Å². The first kappa shape index (κ1) is 15.9. The molecular weight excluding hydrogens is 317 g/mol. The van der Waals surface area contributed by atoms with E-state index in [0.717, 1.165) is 30.4 Å². The predicted molar refractivity (Wildman–Crippen MR) is 86.2 cm³/mol. The SMILES string of the molecule is CNS(=O)(=O)c1ccc(NC2CCCc3ccc(F)cc32)nc1. The van der Waals surface area contributed by atoms with Gasteiger partial charge in [0, 0.05) is 6.20 Å². The number of sulfonamides is 1. The van der Waals surface area contributed by atoms with E-state index in [0.29, 0.717) is 5.82 Å². The third-order valence-corrected chi connectivity index (χ3v) is 5.46. The lowest BCUT2D eigenvalue weighted by Gasteiger charge is -2.27. The fraction of sp³-hybridized carbons (Fsp3) is 0.312. The summed E-state index contributed by atoms with van der Waals surface area (Å²) in [7, 11) is -2.14. The van der Waals surface area contributed by atoms with Crippen LogP contribution in [-0.2, 0) is 16.4 Å². The number of benzene rings is 1. The number of hydrogen-bond acceptors (Lipinski definition) is 4. The highest BCUT2D eigenvalue weighted by atomic mass is 32.2. The molecule has 1 unspecified atom stereocenters. The van der Waals surface area contributed by atoms with Crippen molar-refractivity contribution in [3.8, 4) is 0 Å². The Morgan fingerprint density at radius 2 is 2.09 bits per heavy atom. The summed E-state index contributed by atoms with van der Waals surface area (Å²) in [5.74, 6) is 0.322. The molecule has 1 aliphatic carbocycles. The molecule has 1 atom stereocenters. The summed E-state index contributed by atoms with van der Waals surface area (Å²) < 4.78 is 39.1. The van der Waals surface area contributed by atoms with Crippen LogP contribution >= 0.6 is 0 Å². The third kappa shape index (κ3) is 3.35. The molecule has 7 heteroatoms. The van der Waals surface area contributed by atoms with Crippen molar-refractivity contribution in [1.29, 1.82) is 0 Å². The highest BCUT2D eigenvalue weighted by Crippen LogP contribution is 2.32. The van der Waals surface area contributed by atoms with Gasteiger partial charge in [-0.15, -0.1) is 0 Å². The number of halogens is 1. The standard InChI is InChI=1S/C16H18FN3O2S/c1-18-23(21,22)13-7-8-16(19-10-13)20-15-4-2-3-11-5-6-12(17)9-14(11)15/h5-10,15,18H,2-4H2,1H3,(H,19,20). The molecule has 0 bridgehead atoms. The molecule has 2 N–H and O–H groups in total. The van der Waals surface area contributed by atoms with Crippen LogP contribution < -0.4 is 10.0 Å². The van der Waals surface area contributed by atoms with E-state index in [1.807, 2.05) is 6.07 Å². The van der Waals surface area contributed by atoms with Gasteiger partial charge in [-0.2, -0.15) is 0 Å². The van der Waals surface area contributed by atoms with Gasteiger partial charge in [0.2, 0.25) is 10.0 Å². The molecule has 0 spiro atoms. The Bertz CT molecular complexity index is 807. The number of aryl methyl sites for hydroxylation is 1. The van der Waals surface area contributed by atoms with Crippen LogP contribution in [0.15, 0.2) is 41.4 Å². The molecule has 0 radical (unpaired) electrons. The lowest BCUT2D eigenvalue weighted by atomic mass is 9.87. The number of hydrogen-bond donors (Lipinski definition) is 2. The second-order valence-electron chi connectivity index (χ2n) is 5.52. The fourth-order valence-corrected chi connectivity index (χ4v) is 3.52. The smallest absolute Gasteiger partial charge is 0.241 e. The molecule has 5 nitrogen and oxygen atoms in total. The Morgan fingerprint density at radius 1 is 1.26 bits per heavy atom. The first-order chi connectivity index (χ1) is 11.0. The monoisotopic (exact) mass is 335 g/mol. The van der Waals surface area contributed by atoms with Crippen molar-refractivity contribution in [2.75, 3.05) is 12.4 Å². The lowest BCUT2D eigenvalue weighted by molar-refractivity contribution is 0.578.